The molecule has 0 saturated heterocycles. The van der Waals surface area contributed by atoms with E-state index in [-0.39, 0.29) is 0 Å². The van der Waals surface area contributed by atoms with Crippen LogP contribution in [0.5, 0.6) is 0 Å². The zero-order valence-corrected chi connectivity index (χ0v) is 10.3. The van der Waals surface area contributed by atoms with Crippen LogP contribution in [-0.4, -0.2) is 5.33 Å². The molecule has 0 aromatic carbocycles. The lowest BCUT2D eigenvalue weighted by atomic mass is 9.61. The molecule has 1 heterocycles. The molecule has 1 aliphatic rings. The Labute approximate surface area is 92.5 Å². The van der Waals surface area contributed by atoms with Gasteiger partial charge in [-0.25, -0.2) is 0 Å². The van der Waals surface area contributed by atoms with Crippen molar-refractivity contribution in [1.29, 1.82) is 0 Å². The van der Waals surface area contributed by atoms with Gasteiger partial charge in [-0.3, -0.25) is 0 Å². The monoisotopic (exact) mass is 258 g/mol. The fourth-order valence-corrected chi connectivity index (χ4v) is 3.87. The average molecular weight is 259 g/mol. The van der Waals surface area contributed by atoms with Gasteiger partial charge in [-0.2, -0.15) is 11.3 Å². The van der Waals surface area contributed by atoms with E-state index >= 15 is 0 Å². The van der Waals surface area contributed by atoms with Crippen LogP contribution in [0.4, 0.5) is 0 Å². The van der Waals surface area contributed by atoms with Crippen LogP contribution in [0.2, 0.25) is 0 Å². The molecule has 0 aliphatic heterocycles. The Morgan fingerprint density at radius 2 is 2.38 bits per heavy atom. The number of hydrogen-bond acceptors (Lipinski definition) is 1. The Hall–Kier alpha value is 0.180. The summed E-state index contributed by atoms with van der Waals surface area (Å²) < 4.78 is 0. The van der Waals surface area contributed by atoms with Gasteiger partial charge in [0.2, 0.25) is 0 Å². The smallest absolute Gasteiger partial charge is 0.00913 e. The molecule has 0 amide bonds. The van der Waals surface area contributed by atoms with Crippen LogP contribution in [-0.2, 0) is 6.42 Å². The van der Waals surface area contributed by atoms with Gasteiger partial charge < -0.3 is 0 Å². The molecule has 2 heteroatoms. The predicted molar refractivity (Wildman–Crippen MR) is 62.6 cm³/mol. The highest BCUT2D eigenvalue weighted by molar-refractivity contribution is 9.09. The van der Waals surface area contributed by atoms with E-state index in [1.165, 1.54) is 30.2 Å². The number of hydrogen-bond donors (Lipinski definition) is 0. The molecule has 2 rings (SSSR count). The largest absolute Gasteiger partial charge is 0.152 e. The zero-order valence-electron chi connectivity index (χ0n) is 7.92. The van der Waals surface area contributed by atoms with Crippen LogP contribution in [0.1, 0.15) is 25.3 Å². The van der Waals surface area contributed by atoms with Crippen LogP contribution >= 0.6 is 27.3 Å². The minimum Gasteiger partial charge on any atom is -0.152 e. The van der Waals surface area contributed by atoms with Crippen LogP contribution in [0.3, 0.4) is 0 Å². The third-order valence-electron chi connectivity index (χ3n) is 3.01. The molecule has 13 heavy (non-hydrogen) atoms. The Morgan fingerprint density at radius 1 is 1.62 bits per heavy atom. The van der Waals surface area contributed by atoms with Crippen molar-refractivity contribution >= 4 is 27.3 Å². The topological polar surface area (TPSA) is 0 Å². The Balaban J connectivity index is 2.00. The molecule has 72 valence electrons. The maximum Gasteiger partial charge on any atom is 0.00913 e. The number of thiophene rings is 1. The van der Waals surface area contributed by atoms with E-state index in [4.69, 9.17) is 0 Å². The average Bonchev–Trinajstić information content (AvgIpc) is 2.53. The first kappa shape index (κ1) is 9.72. The van der Waals surface area contributed by atoms with Crippen LogP contribution in [0.25, 0.3) is 0 Å². The molecule has 1 saturated carbocycles. The quantitative estimate of drug-likeness (QED) is 0.717. The summed E-state index contributed by atoms with van der Waals surface area (Å²) in [4.78, 5) is 0. The van der Waals surface area contributed by atoms with E-state index < -0.39 is 0 Å². The normalized spacial score (nSPS) is 32.9. The number of alkyl halides is 1. The van der Waals surface area contributed by atoms with Gasteiger partial charge >= 0.3 is 0 Å². The molecule has 0 radical (unpaired) electrons. The van der Waals surface area contributed by atoms with Crippen molar-refractivity contribution in [2.24, 2.45) is 11.3 Å². The lowest BCUT2D eigenvalue weighted by Gasteiger charge is -2.45. The SMILES string of the molecule is CC1CC(CBr)(Cc2ccsc2)C1. The summed E-state index contributed by atoms with van der Waals surface area (Å²) in [5.74, 6) is 0.941. The molecule has 1 aliphatic carbocycles. The molecule has 0 N–H and O–H groups in total. The first-order valence-electron chi connectivity index (χ1n) is 4.81. The standard InChI is InChI=1S/C11H15BrS/c1-9-4-11(5-9,8-12)6-10-2-3-13-7-10/h2-3,7,9H,4-6,8H2,1H3. The van der Waals surface area contributed by atoms with E-state index in [0.717, 1.165) is 5.92 Å². The van der Waals surface area contributed by atoms with Crippen molar-refractivity contribution in [3.05, 3.63) is 22.4 Å². The summed E-state index contributed by atoms with van der Waals surface area (Å²) >= 11 is 5.47. The highest BCUT2D eigenvalue weighted by atomic mass is 79.9. The van der Waals surface area contributed by atoms with Crippen molar-refractivity contribution in [2.45, 2.75) is 26.2 Å². The fourth-order valence-electron chi connectivity index (χ4n) is 2.55. The molecular formula is C11H15BrS. The fraction of sp³-hybridized carbons (Fsp3) is 0.636. The Morgan fingerprint density at radius 3 is 2.85 bits per heavy atom. The third kappa shape index (κ3) is 1.99. The molecule has 1 aromatic heterocycles. The van der Waals surface area contributed by atoms with Crippen molar-refractivity contribution < 1.29 is 0 Å². The highest BCUT2D eigenvalue weighted by Crippen LogP contribution is 2.48. The van der Waals surface area contributed by atoms with Crippen LogP contribution in [0.15, 0.2) is 16.8 Å². The second-order valence-corrected chi connectivity index (χ2v) is 5.80. The molecule has 0 unspecified atom stereocenters. The number of rotatable bonds is 3. The second-order valence-electron chi connectivity index (χ2n) is 4.46. The Kier molecular flexibility index (Phi) is 2.80. The summed E-state index contributed by atoms with van der Waals surface area (Å²) in [5, 5.41) is 5.63. The summed E-state index contributed by atoms with van der Waals surface area (Å²) in [6.45, 7) is 2.36. The molecule has 1 aromatic rings. The lowest BCUT2D eigenvalue weighted by molar-refractivity contribution is 0.0956. The van der Waals surface area contributed by atoms with E-state index in [1.807, 2.05) is 11.3 Å². The van der Waals surface area contributed by atoms with Crippen molar-refractivity contribution in [2.75, 3.05) is 5.33 Å². The van der Waals surface area contributed by atoms with Gasteiger partial charge in [-0.15, -0.1) is 0 Å². The summed E-state index contributed by atoms with van der Waals surface area (Å²) in [7, 11) is 0. The van der Waals surface area contributed by atoms with Crippen LogP contribution < -0.4 is 0 Å². The highest BCUT2D eigenvalue weighted by Gasteiger charge is 2.40. The van der Waals surface area contributed by atoms with E-state index in [0.29, 0.717) is 5.41 Å². The van der Waals surface area contributed by atoms with E-state index in [2.05, 4.69) is 39.7 Å². The zero-order chi connectivity index (χ0) is 9.31. The summed E-state index contributed by atoms with van der Waals surface area (Å²) in [5.41, 5.74) is 2.11. The number of halogens is 1. The van der Waals surface area contributed by atoms with E-state index in [9.17, 15) is 0 Å². The predicted octanol–water partition coefficient (Wildman–Crippen LogP) is 4.10. The first-order chi connectivity index (χ1) is 6.24. The Bertz CT molecular complexity index is 260. The maximum absolute atomic E-state index is 3.66. The van der Waals surface area contributed by atoms with Gasteiger partial charge in [0.15, 0.2) is 0 Å². The van der Waals surface area contributed by atoms with Gasteiger partial charge in [-0.05, 0) is 53.0 Å². The van der Waals surface area contributed by atoms with Gasteiger partial charge in [0.05, 0.1) is 0 Å². The van der Waals surface area contributed by atoms with Gasteiger partial charge in [0, 0.05) is 5.33 Å². The van der Waals surface area contributed by atoms with Gasteiger partial charge in [0.1, 0.15) is 0 Å². The molecule has 0 atom stereocenters. The second kappa shape index (κ2) is 3.74. The molecule has 0 spiro atoms. The van der Waals surface area contributed by atoms with Gasteiger partial charge in [0.25, 0.3) is 0 Å². The van der Waals surface area contributed by atoms with Gasteiger partial charge in [-0.1, -0.05) is 22.9 Å². The molecule has 1 fully saturated rings. The molecule has 0 nitrogen and oxygen atoms in total. The third-order valence-corrected chi connectivity index (χ3v) is 4.93. The van der Waals surface area contributed by atoms with Crippen molar-refractivity contribution in [3.8, 4) is 0 Å². The molecular weight excluding hydrogens is 244 g/mol. The summed E-state index contributed by atoms with van der Waals surface area (Å²) in [6.07, 6.45) is 4.06. The van der Waals surface area contributed by atoms with Crippen LogP contribution in [0, 0.1) is 11.3 Å². The first-order valence-corrected chi connectivity index (χ1v) is 6.88. The van der Waals surface area contributed by atoms with E-state index in [1.54, 1.807) is 0 Å². The minimum atomic E-state index is 0.584. The maximum atomic E-state index is 3.66. The lowest BCUT2D eigenvalue weighted by Crippen LogP contribution is -2.39. The summed E-state index contributed by atoms with van der Waals surface area (Å²) in [6, 6.07) is 2.26. The van der Waals surface area contributed by atoms with Crippen molar-refractivity contribution in [1.82, 2.24) is 0 Å². The van der Waals surface area contributed by atoms with Crippen molar-refractivity contribution in [3.63, 3.8) is 0 Å². The molecule has 0 bridgehead atoms. The minimum absolute atomic E-state index is 0.584.